The molecule has 4 amide bonds. The maximum absolute atomic E-state index is 14.0. The highest BCUT2D eigenvalue weighted by Gasteiger charge is 2.37. The molecule has 2 rings (SSSR count). The Balaban J connectivity index is 2.54. The average Bonchev–Trinajstić information content (AvgIpc) is 2.84. The minimum Gasteiger partial charge on any atom is -0.444 e. The number of halogens is 1. The summed E-state index contributed by atoms with van der Waals surface area (Å²) >= 11 is 6.38. The fraction of sp³-hybridized carbons (Fsp3) is 0.448. The molecular formula is C29H39ClN4O5. The van der Waals surface area contributed by atoms with Gasteiger partial charge in [-0.1, -0.05) is 73.8 Å². The van der Waals surface area contributed by atoms with Gasteiger partial charge in [-0.2, -0.15) is 0 Å². The second-order valence-electron chi connectivity index (χ2n) is 10.3. The fourth-order valence-electron chi connectivity index (χ4n) is 4.04. The van der Waals surface area contributed by atoms with Gasteiger partial charge < -0.3 is 26.0 Å². The van der Waals surface area contributed by atoms with Crippen molar-refractivity contribution in [1.82, 2.24) is 10.2 Å². The third-order valence-corrected chi connectivity index (χ3v) is 6.14. The fourth-order valence-corrected chi connectivity index (χ4v) is 4.31. The molecule has 0 heterocycles. The normalized spacial score (nSPS) is 12.7. The van der Waals surface area contributed by atoms with Crippen molar-refractivity contribution in [2.45, 2.75) is 78.0 Å². The van der Waals surface area contributed by atoms with Crippen molar-refractivity contribution < 1.29 is 23.9 Å². The van der Waals surface area contributed by atoms with Crippen LogP contribution >= 0.6 is 11.6 Å². The van der Waals surface area contributed by atoms with Crippen LogP contribution in [0.4, 0.5) is 10.5 Å². The van der Waals surface area contributed by atoms with E-state index in [1.807, 2.05) is 19.9 Å². The summed E-state index contributed by atoms with van der Waals surface area (Å²) in [4.78, 5) is 53.8. The first kappa shape index (κ1) is 31.6. The summed E-state index contributed by atoms with van der Waals surface area (Å²) in [5, 5.41) is 5.73. The van der Waals surface area contributed by atoms with Crippen LogP contribution in [0, 0.1) is 6.92 Å². The van der Waals surface area contributed by atoms with Crippen LogP contribution in [0.5, 0.6) is 0 Å². The number of nitrogens with one attached hydrogen (secondary N) is 2. The molecule has 9 nitrogen and oxygen atoms in total. The molecule has 0 aliphatic carbocycles. The molecule has 10 heteroatoms. The lowest BCUT2D eigenvalue weighted by molar-refractivity contribution is -0.142. The SMILES string of the molecule is CCCCCN(C(=O)C(CC(N)=O)NC(=O)OC(C)(C)C)C(C(=O)Nc1c(C)cccc1Cl)c1ccccc1. The first-order chi connectivity index (χ1) is 18.3. The minimum absolute atomic E-state index is 0.201. The number of benzene rings is 2. The number of nitrogens with zero attached hydrogens (tertiary/aromatic N) is 1. The lowest BCUT2D eigenvalue weighted by atomic mass is 10.0. The number of carbonyl (C=O) groups excluding carboxylic acids is 4. The number of rotatable bonds is 12. The number of anilines is 1. The Hall–Kier alpha value is -3.59. The number of unbranched alkanes of at least 4 members (excludes halogenated alkanes) is 2. The number of alkyl carbamates (subject to hydrolysis) is 1. The van der Waals surface area contributed by atoms with E-state index in [2.05, 4.69) is 10.6 Å². The summed E-state index contributed by atoms with van der Waals surface area (Å²) in [7, 11) is 0. The van der Waals surface area contributed by atoms with Gasteiger partial charge >= 0.3 is 6.09 Å². The molecule has 0 bridgehead atoms. The predicted molar refractivity (Wildman–Crippen MR) is 152 cm³/mol. The van der Waals surface area contributed by atoms with E-state index < -0.39 is 47.9 Å². The Morgan fingerprint density at radius 3 is 2.26 bits per heavy atom. The van der Waals surface area contributed by atoms with Crippen molar-refractivity contribution in [2.24, 2.45) is 5.73 Å². The quantitative estimate of drug-likeness (QED) is 0.311. The number of ether oxygens (including phenoxy) is 1. The molecule has 0 aliphatic rings. The number of hydrogen-bond acceptors (Lipinski definition) is 5. The molecule has 2 aromatic rings. The van der Waals surface area contributed by atoms with Gasteiger partial charge in [-0.3, -0.25) is 14.4 Å². The van der Waals surface area contributed by atoms with Gasteiger partial charge in [0.25, 0.3) is 5.91 Å². The maximum atomic E-state index is 14.0. The second-order valence-corrected chi connectivity index (χ2v) is 10.7. The Bertz CT molecular complexity index is 1130. The molecule has 0 aliphatic heterocycles. The van der Waals surface area contributed by atoms with Gasteiger partial charge in [0.1, 0.15) is 17.7 Å². The summed E-state index contributed by atoms with van der Waals surface area (Å²) < 4.78 is 5.31. The summed E-state index contributed by atoms with van der Waals surface area (Å²) in [6.07, 6.45) is 0.943. The standard InChI is InChI=1S/C29H39ClN4O5/c1-6-7-11-17-34(27(37)22(18-23(31)35)32-28(38)39-29(3,4)5)25(20-14-9-8-10-15-20)26(36)33-24-19(2)13-12-16-21(24)30/h8-10,12-16,22,25H,6-7,11,17-18H2,1-5H3,(H2,31,35)(H,32,38)(H,33,36). The molecule has 0 aromatic heterocycles. The summed E-state index contributed by atoms with van der Waals surface area (Å²) in [5.74, 6) is -1.90. The molecule has 0 saturated heterocycles. The van der Waals surface area contributed by atoms with Gasteiger partial charge in [0.05, 0.1) is 17.1 Å². The number of para-hydroxylation sites is 1. The maximum Gasteiger partial charge on any atom is 0.408 e. The first-order valence-electron chi connectivity index (χ1n) is 13.0. The number of amides is 4. The van der Waals surface area contributed by atoms with E-state index in [0.717, 1.165) is 18.4 Å². The van der Waals surface area contributed by atoms with Crippen molar-refractivity contribution in [3.8, 4) is 0 Å². The van der Waals surface area contributed by atoms with Crippen LogP contribution in [0.25, 0.3) is 0 Å². The second kappa shape index (κ2) is 14.5. The number of primary amides is 1. The zero-order valence-corrected chi connectivity index (χ0v) is 24.0. The van der Waals surface area contributed by atoms with E-state index in [4.69, 9.17) is 22.1 Å². The third kappa shape index (κ3) is 9.90. The van der Waals surface area contributed by atoms with Crippen LogP contribution in [0.1, 0.15) is 70.5 Å². The van der Waals surface area contributed by atoms with E-state index in [1.165, 1.54) is 4.90 Å². The molecule has 39 heavy (non-hydrogen) atoms. The highest BCUT2D eigenvalue weighted by Crippen LogP contribution is 2.29. The molecule has 0 spiro atoms. The molecule has 0 saturated carbocycles. The highest BCUT2D eigenvalue weighted by molar-refractivity contribution is 6.34. The summed E-state index contributed by atoms with van der Waals surface area (Å²) in [5.41, 5.74) is 6.36. The first-order valence-corrected chi connectivity index (χ1v) is 13.4. The van der Waals surface area contributed by atoms with Crippen molar-refractivity contribution >= 4 is 41.1 Å². The van der Waals surface area contributed by atoms with Crippen molar-refractivity contribution in [3.63, 3.8) is 0 Å². The molecule has 2 atom stereocenters. The average molecular weight is 559 g/mol. The summed E-state index contributed by atoms with van der Waals surface area (Å²) in [6, 6.07) is 11.7. The highest BCUT2D eigenvalue weighted by atomic mass is 35.5. The van der Waals surface area contributed by atoms with Crippen LogP contribution in [0.15, 0.2) is 48.5 Å². The summed E-state index contributed by atoms with van der Waals surface area (Å²) in [6.45, 7) is 9.08. The number of carbonyl (C=O) groups is 4. The van der Waals surface area contributed by atoms with Gasteiger partial charge in [0, 0.05) is 6.54 Å². The van der Waals surface area contributed by atoms with Crippen LogP contribution in [-0.2, 0) is 19.1 Å². The van der Waals surface area contributed by atoms with Gasteiger partial charge in [-0.25, -0.2) is 4.79 Å². The van der Waals surface area contributed by atoms with Crippen LogP contribution in [0.3, 0.4) is 0 Å². The Morgan fingerprint density at radius 2 is 1.69 bits per heavy atom. The molecule has 2 aromatic carbocycles. The predicted octanol–water partition coefficient (Wildman–Crippen LogP) is 5.12. The van der Waals surface area contributed by atoms with Crippen molar-refractivity contribution in [1.29, 1.82) is 0 Å². The number of hydrogen-bond donors (Lipinski definition) is 3. The van der Waals surface area contributed by atoms with Crippen LogP contribution < -0.4 is 16.4 Å². The topological polar surface area (TPSA) is 131 Å². The van der Waals surface area contributed by atoms with E-state index in [9.17, 15) is 19.2 Å². The van der Waals surface area contributed by atoms with Crippen LogP contribution in [0.2, 0.25) is 5.02 Å². The molecule has 0 fully saturated rings. The zero-order chi connectivity index (χ0) is 29.2. The molecular weight excluding hydrogens is 520 g/mol. The van der Waals surface area contributed by atoms with Gasteiger partial charge in [-0.15, -0.1) is 0 Å². The molecule has 212 valence electrons. The third-order valence-electron chi connectivity index (χ3n) is 5.83. The van der Waals surface area contributed by atoms with E-state index in [-0.39, 0.29) is 6.54 Å². The van der Waals surface area contributed by atoms with E-state index >= 15 is 0 Å². The largest absolute Gasteiger partial charge is 0.444 e. The van der Waals surface area contributed by atoms with Crippen molar-refractivity contribution in [3.05, 3.63) is 64.7 Å². The molecule has 2 unspecified atom stereocenters. The monoisotopic (exact) mass is 558 g/mol. The lowest BCUT2D eigenvalue weighted by Crippen LogP contribution is -2.53. The minimum atomic E-state index is -1.33. The van der Waals surface area contributed by atoms with Gasteiger partial charge in [-0.05, 0) is 51.3 Å². The van der Waals surface area contributed by atoms with Gasteiger partial charge in [0.15, 0.2) is 0 Å². The van der Waals surface area contributed by atoms with Gasteiger partial charge in [0.2, 0.25) is 11.8 Å². The smallest absolute Gasteiger partial charge is 0.408 e. The number of nitrogens with two attached hydrogens (primary N) is 1. The van der Waals surface area contributed by atoms with E-state index in [1.54, 1.807) is 63.2 Å². The lowest BCUT2D eigenvalue weighted by Gasteiger charge is -2.34. The van der Waals surface area contributed by atoms with Crippen molar-refractivity contribution in [2.75, 3.05) is 11.9 Å². The zero-order valence-electron chi connectivity index (χ0n) is 23.3. The van der Waals surface area contributed by atoms with Crippen LogP contribution in [-0.4, -0.2) is 46.9 Å². The molecule has 0 radical (unpaired) electrons. The number of aryl methyl sites for hydroxylation is 1. The molecule has 4 N–H and O–H groups in total. The Labute approximate surface area is 235 Å². The Morgan fingerprint density at radius 1 is 1.03 bits per heavy atom. The Kier molecular flexibility index (Phi) is 11.8. The van der Waals surface area contributed by atoms with E-state index in [0.29, 0.717) is 22.7 Å².